The van der Waals surface area contributed by atoms with Crippen LogP contribution < -0.4 is 16.0 Å². The smallest absolute Gasteiger partial charge is 0.317 e. The molecule has 0 radical (unpaired) electrons. The van der Waals surface area contributed by atoms with Gasteiger partial charge in [-0.15, -0.1) is 0 Å². The van der Waals surface area contributed by atoms with Crippen molar-refractivity contribution >= 4 is 23.3 Å². The molecule has 1 saturated heterocycles. The molecule has 0 spiro atoms. The number of aryl methyl sites for hydroxylation is 1. The number of urea groups is 1. The number of aromatic nitrogens is 2. The highest BCUT2D eigenvalue weighted by Crippen LogP contribution is 2.41. The van der Waals surface area contributed by atoms with Gasteiger partial charge in [-0.2, -0.15) is 31.4 Å². The van der Waals surface area contributed by atoms with Crippen LogP contribution in [0.4, 0.5) is 42.6 Å². The number of halogens is 6. The third-order valence-corrected chi connectivity index (χ3v) is 8.55. The van der Waals surface area contributed by atoms with Gasteiger partial charge in [-0.1, -0.05) is 56.7 Å². The summed E-state index contributed by atoms with van der Waals surface area (Å²) in [5.41, 5.74) is -1.28. The zero-order valence-corrected chi connectivity index (χ0v) is 27.4. The van der Waals surface area contributed by atoms with Gasteiger partial charge in [0.2, 0.25) is 0 Å². The number of piperidine rings is 1. The summed E-state index contributed by atoms with van der Waals surface area (Å²) in [5.74, 6) is -2.11. The van der Waals surface area contributed by atoms with E-state index in [1.807, 2.05) is 52.0 Å². The van der Waals surface area contributed by atoms with E-state index in [1.54, 1.807) is 35.0 Å². The molecule has 3 aromatic carbocycles. The van der Waals surface area contributed by atoms with Gasteiger partial charge in [-0.3, -0.25) is 10.1 Å². The maximum absolute atomic E-state index is 14.2. The summed E-state index contributed by atoms with van der Waals surface area (Å²) in [7, 11) is 0. The number of nitrogens with one attached hydrogen (secondary N) is 3. The van der Waals surface area contributed by atoms with E-state index in [4.69, 9.17) is 5.10 Å². The molecule has 0 bridgehead atoms. The van der Waals surface area contributed by atoms with Gasteiger partial charge in [0, 0.05) is 22.7 Å². The molecule has 2 heterocycles. The molecule has 7 nitrogen and oxygen atoms in total. The first kappa shape index (κ1) is 35.7. The van der Waals surface area contributed by atoms with E-state index in [1.165, 1.54) is 0 Å². The Morgan fingerprint density at radius 3 is 2.00 bits per heavy atom. The minimum absolute atomic E-state index is 0.00252. The Labute approximate surface area is 280 Å². The maximum Gasteiger partial charge on any atom is 0.416 e. The highest BCUT2D eigenvalue weighted by molar-refractivity contribution is 6.04. The molecule has 3 N–H and O–H groups in total. The molecule has 2 amide bonds. The van der Waals surface area contributed by atoms with Crippen molar-refractivity contribution in [1.82, 2.24) is 15.1 Å². The molecule has 1 atom stereocenters. The highest BCUT2D eigenvalue weighted by Gasteiger charge is 2.40. The first-order chi connectivity index (χ1) is 22.9. The molecule has 260 valence electrons. The van der Waals surface area contributed by atoms with E-state index in [0.29, 0.717) is 55.3 Å². The molecule has 1 fully saturated rings. The van der Waals surface area contributed by atoms with E-state index in [-0.39, 0.29) is 22.7 Å². The molecular weight excluding hydrogens is 648 g/mol. The van der Waals surface area contributed by atoms with Crippen molar-refractivity contribution < 1.29 is 35.9 Å². The number of Topliss-reactive ketones (excluding diaryl/α,β-unsaturated/α-hetero) is 1. The molecule has 1 aliphatic heterocycles. The molecule has 0 saturated carbocycles. The van der Waals surface area contributed by atoms with Crippen molar-refractivity contribution in [2.45, 2.75) is 64.2 Å². The number of carbonyl (C=O) groups is 2. The number of alkyl halides is 6. The first-order valence-electron chi connectivity index (χ1n) is 15.8. The minimum Gasteiger partial charge on any atom is -0.317 e. The highest BCUT2D eigenvalue weighted by atomic mass is 19.4. The lowest BCUT2D eigenvalue weighted by Gasteiger charge is -2.31. The van der Waals surface area contributed by atoms with Crippen LogP contribution in [-0.4, -0.2) is 34.7 Å². The summed E-state index contributed by atoms with van der Waals surface area (Å²) in [6, 6.07) is 15.9. The number of nitrogens with zero attached hydrogens (tertiary/aromatic N) is 2. The lowest BCUT2D eigenvalue weighted by molar-refractivity contribution is -0.143. The normalized spacial score (nSPS) is 15.1. The summed E-state index contributed by atoms with van der Waals surface area (Å²) in [4.78, 5) is 27.7. The number of para-hydroxylation sites is 1. The van der Waals surface area contributed by atoms with Gasteiger partial charge in [-0.25, -0.2) is 9.48 Å². The molecule has 13 heteroatoms. The Morgan fingerprint density at radius 2 is 1.43 bits per heavy atom. The van der Waals surface area contributed by atoms with Gasteiger partial charge in [0.25, 0.3) is 0 Å². The predicted molar refractivity (Wildman–Crippen MR) is 175 cm³/mol. The van der Waals surface area contributed by atoms with Gasteiger partial charge in [0.05, 0.1) is 28.4 Å². The molecule has 1 aliphatic rings. The van der Waals surface area contributed by atoms with E-state index in [2.05, 4.69) is 16.0 Å². The first-order valence-corrected chi connectivity index (χ1v) is 15.8. The number of amides is 2. The van der Waals surface area contributed by atoms with E-state index >= 15 is 0 Å². The molecule has 5 rings (SSSR count). The molecule has 1 unspecified atom stereocenters. The SMILES string of the molecule is Cc1ccc(-n2nc(C(C)(C)C)cc2NC(=O)Nc2ccccc2C(C(=O)c2cc(C(F)(F)F)cc(C(F)(F)F)c2)C2CCNCC2)cc1. The Hall–Kier alpha value is -4.65. The van der Waals surface area contributed by atoms with Gasteiger partial charge in [0.15, 0.2) is 5.78 Å². The lowest BCUT2D eigenvalue weighted by Crippen LogP contribution is -2.34. The van der Waals surface area contributed by atoms with Gasteiger partial charge in [0.1, 0.15) is 5.82 Å². The Bertz CT molecular complexity index is 1790. The number of carbonyl (C=O) groups excluding carboxylic acids is 2. The Morgan fingerprint density at radius 1 is 0.837 bits per heavy atom. The van der Waals surface area contributed by atoms with Crippen LogP contribution >= 0.6 is 0 Å². The third-order valence-electron chi connectivity index (χ3n) is 8.55. The second-order valence-electron chi connectivity index (χ2n) is 13.3. The summed E-state index contributed by atoms with van der Waals surface area (Å²) >= 11 is 0. The van der Waals surface area contributed by atoms with Crippen molar-refractivity contribution in [2.24, 2.45) is 5.92 Å². The minimum atomic E-state index is -5.12. The van der Waals surface area contributed by atoms with E-state index in [0.717, 1.165) is 5.56 Å². The molecule has 4 aromatic rings. The zero-order chi connectivity index (χ0) is 35.7. The van der Waals surface area contributed by atoms with Crippen LogP contribution in [0.1, 0.15) is 77.8 Å². The van der Waals surface area contributed by atoms with Crippen LogP contribution in [0.25, 0.3) is 5.69 Å². The summed E-state index contributed by atoms with van der Waals surface area (Å²) in [6.07, 6.45) is -9.35. The van der Waals surface area contributed by atoms with Crippen LogP contribution in [0.3, 0.4) is 0 Å². The second-order valence-corrected chi connectivity index (χ2v) is 13.3. The quantitative estimate of drug-likeness (QED) is 0.134. The molecule has 1 aromatic heterocycles. The number of hydrogen-bond donors (Lipinski definition) is 3. The van der Waals surface area contributed by atoms with Gasteiger partial charge in [-0.05, 0) is 80.7 Å². The summed E-state index contributed by atoms with van der Waals surface area (Å²) < 4.78 is 84.0. The largest absolute Gasteiger partial charge is 0.416 e. The van der Waals surface area contributed by atoms with Crippen molar-refractivity contribution in [3.63, 3.8) is 0 Å². The van der Waals surface area contributed by atoms with Crippen LogP contribution in [0.5, 0.6) is 0 Å². The number of rotatable bonds is 7. The maximum atomic E-state index is 14.2. The fraction of sp³-hybridized carbons (Fsp3) is 0.361. The fourth-order valence-electron chi connectivity index (χ4n) is 5.93. The Kier molecular flexibility index (Phi) is 9.96. The fourth-order valence-corrected chi connectivity index (χ4v) is 5.93. The predicted octanol–water partition coefficient (Wildman–Crippen LogP) is 9.13. The summed E-state index contributed by atoms with van der Waals surface area (Å²) in [6.45, 7) is 8.89. The van der Waals surface area contributed by atoms with Crippen molar-refractivity contribution in [2.75, 3.05) is 23.7 Å². The monoisotopic (exact) mass is 685 g/mol. The second kappa shape index (κ2) is 13.7. The third kappa shape index (κ3) is 8.33. The van der Waals surface area contributed by atoms with Crippen molar-refractivity contribution in [3.05, 3.63) is 106 Å². The lowest BCUT2D eigenvalue weighted by atomic mass is 9.75. The average Bonchev–Trinajstić information content (AvgIpc) is 3.46. The molecule has 0 aliphatic carbocycles. The topological polar surface area (TPSA) is 88.1 Å². The Balaban J connectivity index is 1.52. The van der Waals surface area contributed by atoms with Crippen LogP contribution in [0.15, 0.2) is 72.8 Å². The van der Waals surface area contributed by atoms with E-state index in [9.17, 15) is 35.9 Å². The van der Waals surface area contributed by atoms with Crippen LogP contribution in [0.2, 0.25) is 0 Å². The average molecular weight is 686 g/mol. The number of ketones is 1. The number of hydrogen-bond acceptors (Lipinski definition) is 4. The van der Waals surface area contributed by atoms with Gasteiger partial charge < -0.3 is 10.6 Å². The number of anilines is 2. The molecular formula is C36H37F6N5O2. The van der Waals surface area contributed by atoms with Crippen LogP contribution in [-0.2, 0) is 17.8 Å². The standard InChI is InChI=1S/C36H37F6N5O2/c1-21-9-11-26(12-10-21)47-30(20-29(46-47)34(2,3)4)45-33(49)44-28-8-6-5-7-27(28)31(22-13-15-43-16-14-22)32(48)23-17-24(35(37,38)39)19-25(18-23)36(40,41)42/h5-12,17-20,22,31,43H,13-16H2,1-4H3,(H2,44,45,49). The number of benzene rings is 3. The van der Waals surface area contributed by atoms with Crippen LogP contribution in [0, 0.1) is 12.8 Å². The summed E-state index contributed by atoms with van der Waals surface area (Å²) in [5, 5.41) is 13.5. The molecule has 49 heavy (non-hydrogen) atoms. The van der Waals surface area contributed by atoms with Gasteiger partial charge >= 0.3 is 18.4 Å². The zero-order valence-electron chi connectivity index (χ0n) is 27.4. The van der Waals surface area contributed by atoms with E-state index < -0.39 is 52.7 Å². The van der Waals surface area contributed by atoms with Crippen molar-refractivity contribution in [3.8, 4) is 5.69 Å². The van der Waals surface area contributed by atoms with Crippen molar-refractivity contribution in [1.29, 1.82) is 0 Å².